The molecule has 0 amide bonds. The van der Waals surface area contributed by atoms with Crippen molar-refractivity contribution in [2.45, 2.75) is 19.9 Å². The highest BCUT2D eigenvalue weighted by Crippen LogP contribution is 2.28. The molecular weight excluding hydrogens is 358 g/mol. The molecule has 0 fully saturated rings. The fourth-order valence-corrected chi connectivity index (χ4v) is 4.46. The van der Waals surface area contributed by atoms with E-state index in [-0.39, 0.29) is 6.04 Å². The number of benzene rings is 3. The van der Waals surface area contributed by atoms with Gasteiger partial charge in [-0.3, -0.25) is 0 Å². The van der Waals surface area contributed by atoms with Crippen LogP contribution in [0.5, 0.6) is 0 Å². The van der Waals surface area contributed by atoms with Gasteiger partial charge in [-0.2, -0.15) is 0 Å². The molecule has 3 nitrogen and oxygen atoms in total. The summed E-state index contributed by atoms with van der Waals surface area (Å²) in [7, 11) is 0. The van der Waals surface area contributed by atoms with Gasteiger partial charge < -0.3 is 10.6 Å². The highest BCUT2D eigenvalue weighted by molar-refractivity contribution is 7.80. The van der Waals surface area contributed by atoms with E-state index in [1.165, 1.54) is 21.9 Å². The average molecular weight is 378 g/mol. The van der Waals surface area contributed by atoms with Crippen LogP contribution in [0, 0.1) is 6.92 Å². The van der Waals surface area contributed by atoms with E-state index in [2.05, 4.69) is 90.1 Å². The number of nitrogens with one attached hydrogen (secondary N) is 2. The van der Waals surface area contributed by atoms with E-state index < -0.39 is 0 Å². The van der Waals surface area contributed by atoms with Crippen LogP contribution in [-0.2, 0) is 0 Å². The second-order valence-corrected chi connectivity index (χ2v) is 7.77. The Morgan fingerprint density at radius 3 is 2.65 bits per heavy atom. The average Bonchev–Trinajstić information content (AvgIpc) is 3.05. The van der Waals surface area contributed by atoms with Crippen molar-refractivity contribution >= 4 is 54.8 Å². The molecule has 4 aromatic rings. The molecule has 0 spiro atoms. The maximum atomic E-state index is 5.52. The summed E-state index contributed by atoms with van der Waals surface area (Å²) in [6.45, 7) is 4.20. The summed E-state index contributed by atoms with van der Waals surface area (Å²) in [6, 6.07) is 21.1. The zero-order chi connectivity index (χ0) is 18.1. The quantitative estimate of drug-likeness (QED) is 0.442. The molecule has 0 radical (unpaired) electrons. The molecule has 5 heteroatoms. The van der Waals surface area contributed by atoms with Gasteiger partial charge in [0.2, 0.25) is 0 Å². The second kappa shape index (κ2) is 7.02. The normalized spacial score (nSPS) is 12.2. The molecule has 0 saturated heterocycles. The third kappa shape index (κ3) is 3.28. The number of aryl methyl sites for hydroxylation is 1. The molecule has 130 valence electrons. The molecule has 0 aliphatic rings. The number of rotatable bonds is 3. The number of hydrogen-bond acceptors (Lipinski definition) is 3. The van der Waals surface area contributed by atoms with Crippen LogP contribution in [0.1, 0.15) is 24.1 Å². The summed E-state index contributed by atoms with van der Waals surface area (Å²) in [6.07, 6.45) is 0. The van der Waals surface area contributed by atoms with Crippen LogP contribution < -0.4 is 10.6 Å². The van der Waals surface area contributed by atoms with Gasteiger partial charge in [-0.05, 0) is 54.0 Å². The fourth-order valence-electron chi connectivity index (χ4n) is 3.18. The standard InChI is InChI=1S/C21H19N3S2/c1-13-7-5-12-18-19(13)23-21(26-18)24-20(25)22-14(2)16-11-6-9-15-8-3-4-10-17(15)16/h3-12,14H,1-2H3,(H2,22,23,24,25)/t14-/m0/s1. The van der Waals surface area contributed by atoms with Crippen LogP contribution in [0.25, 0.3) is 21.0 Å². The van der Waals surface area contributed by atoms with Crippen molar-refractivity contribution in [1.82, 2.24) is 10.3 Å². The Morgan fingerprint density at radius 1 is 1.04 bits per heavy atom. The maximum absolute atomic E-state index is 5.52. The molecule has 26 heavy (non-hydrogen) atoms. The van der Waals surface area contributed by atoms with Crippen molar-refractivity contribution in [3.05, 3.63) is 71.8 Å². The van der Waals surface area contributed by atoms with Crippen molar-refractivity contribution in [3.8, 4) is 0 Å². The molecule has 1 atom stereocenters. The number of thiocarbonyl (C=S) groups is 1. The van der Waals surface area contributed by atoms with Crippen molar-refractivity contribution in [2.24, 2.45) is 0 Å². The zero-order valence-electron chi connectivity index (χ0n) is 14.6. The Hall–Kier alpha value is -2.50. The summed E-state index contributed by atoms with van der Waals surface area (Å²) in [5.41, 5.74) is 3.44. The van der Waals surface area contributed by atoms with Crippen LogP contribution in [0.2, 0.25) is 0 Å². The first-order valence-electron chi connectivity index (χ1n) is 8.53. The van der Waals surface area contributed by atoms with Gasteiger partial charge >= 0.3 is 0 Å². The summed E-state index contributed by atoms with van der Waals surface area (Å²) >= 11 is 7.13. The molecule has 1 heterocycles. The first-order valence-corrected chi connectivity index (χ1v) is 9.75. The van der Waals surface area contributed by atoms with Gasteiger partial charge in [0.1, 0.15) is 0 Å². The molecule has 0 unspecified atom stereocenters. The highest BCUT2D eigenvalue weighted by atomic mass is 32.1. The number of anilines is 1. The number of para-hydroxylation sites is 1. The van der Waals surface area contributed by atoms with Gasteiger partial charge in [0, 0.05) is 0 Å². The van der Waals surface area contributed by atoms with Crippen molar-refractivity contribution in [3.63, 3.8) is 0 Å². The van der Waals surface area contributed by atoms with Crippen LogP contribution in [0.3, 0.4) is 0 Å². The van der Waals surface area contributed by atoms with Gasteiger partial charge in [0.25, 0.3) is 0 Å². The minimum Gasteiger partial charge on any atom is -0.356 e. The Morgan fingerprint density at radius 2 is 1.81 bits per heavy atom. The number of nitrogens with zero attached hydrogens (tertiary/aromatic N) is 1. The van der Waals surface area contributed by atoms with E-state index >= 15 is 0 Å². The number of hydrogen-bond donors (Lipinski definition) is 2. The van der Waals surface area contributed by atoms with Crippen molar-refractivity contribution < 1.29 is 0 Å². The summed E-state index contributed by atoms with van der Waals surface area (Å²) < 4.78 is 1.16. The van der Waals surface area contributed by atoms with Gasteiger partial charge in [0.05, 0.1) is 16.3 Å². The number of fused-ring (bicyclic) bond motifs is 2. The molecule has 1 aromatic heterocycles. The van der Waals surface area contributed by atoms with E-state index in [0.717, 1.165) is 15.3 Å². The summed E-state index contributed by atoms with van der Waals surface area (Å²) in [5.74, 6) is 0. The lowest BCUT2D eigenvalue weighted by Crippen LogP contribution is -2.30. The molecule has 0 aliphatic carbocycles. The molecule has 0 aliphatic heterocycles. The lowest BCUT2D eigenvalue weighted by molar-refractivity contribution is 0.729. The Bertz CT molecular complexity index is 1100. The molecule has 3 aromatic carbocycles. The fraction of sp³-hybridized carbons (Fsp3) is 0.143. The minimum atomic E-state index is 0.0946. The monoisotopic (exact) mass is 377 g/mol. The van der Waals surface area contributed by atoms with Crippen molar-refractivity contribution in [1.29, 1.82) is 0 Å². The summed E-state index contributed by atoms with van der Waals surface area (Å²) in [4.78, 5) is 4.66. The number of aromatic nitrogens is 1. The smallest absolute Gasteiger partial charge is 0.190 e. The minimum absolute atomic E-state index is 0.0946. The Kier molecular flexibility index (Phi) is 4.57. The van der Waals surface area contributed by atoms with E-state index in [1.807, 2.05) is 0 Å². The number of thiazole rings is 1. The van der Waals surface area contributed by atoms with E-state index in [4.69, 9.17) is 12.2 Å². The highest BCUT2D eigenvalue weighted by Gasteiger charge is 2.12. The third-order valence-corrected chi connectivity index (χ3v) is 5.63. The second-order valence-electron chi connectivity index (χ2n) is 6.33. The van der Waals surface area contributed by atoms with Crippen LogP contribution in [0.15, 0.2) is 60.7 Å². The van der Waals surface area contributed by atoms with E-state index in [1.54, 1.807) is 11.3 Å². The van der Waals surface area contributed by atoms with Crippen LogP contribution >= 0.6 is 23.6 Å². The molecule has 2 N–H and O–H groups in total. The lowest BCUT2D eigenvalue weighted by atomic mass is 10.00. The Balaban J connectivity index is 1.52. The van der Waals surface area contributed by atoms with Gasteiger partial charge in [-0.15, -0.1) is 0 Å². The topological polar surface area (TPSA) is 37.0 Å². The molecule has 0 saturated carbocycles. The molecule has 4 rings (SSSR count). The van der Waals surface area contributed by atoms with Crippen LogP contribution in [-0.4, -0.2) is 10.1 Å². The Labute approximate surface area is 162 Å². The zero-order valence-corrected chi connectivity index (χ0v) is 16.2. The maximum Gasteiger partial charge on any atom is 0.190 e. The van der Waals surface area contributed by atoms with Crippen LogP contribution in [0.4, 0.5) is 5.13 Å². The third-order valence-electron chi connectivity index (χ3n) is 4.48. The molecular formula is C21H19N3S2. The van der Waals surface area contributed by atoms with Gasteiger partial charge in [-0.1, -0.05) is 65.9 Å². The lowest BCUT2D eigenvalue weighted by Gasteiger charge is -2.18. The molecule has 0 bridgehead atoms. The van der Waals surface area contributed by atoms with E-state index in [0.29, 0.717) is 5.11 Å². The van der Waals surface area contributed by atoms with Crippen molar-refractivity contribution in [2.75, 3.05) is 5.32 Å². The van der Waals surface area contributed by atoms with Gasteiger partial charge in [0.15, 0.2) is 10.2 Å². The SMILES string of the molecule is Cc1cccc2sc(NC(=S)N[C@@H](C)c3cccc4ccccc34)nc12. The largest absolute Gasteiger partial charge is 0.356 e. The van der Waals surface area contributed by atoms with Gasteiger partial charge in [-0.25, -0.2) is 4.98 Å². The first-order chi connectivity index (χ1) is 12.6. The predicted octanol–water partition coefficient (Wildman–Crippen LogP) is 5.81. The van der Waals surface area contributed by atoms with E-state index in [9.17, 15) is 0 Å². The predicted molar refractivity (Wildman–Crippen MR) is 116 cm³/mol. The summed E-state index contributed by atoms with van der Waals surface area (Å²) in [5, 5.41) is 10.5. The first kappa shape index (κ1) is 16.9.